The number of hydrogen-bond donors (Lipinski definition) is 1. The molecule has 1 fully saturated rings. The van der Waals surface area contributed by atoms with Gasteiger partial charge in [-0.1, -0.05) is 13.8 Å². The summed E-state index contributed by atoms with van der Waals surface area (Å²) < 4.78 is 3.78. The highest BCUT2D eigenvalue weighted by atomic mass is 16.2. The number of imidazole rings is 1. The van der Waals surface area contributed by atoms with Gasteiger partial charge in [0, 0.05) is 46.2 Å². The number of carbonyl (C=O) groups is 2. The van der Waals surface area contributed by atoms with Crippen molar-refractivity contribution < 1.29 is 9.59 Å². The number of carbonyl (C=O) groups excluding carboxylic acids is 2. The van der Waals surface area contributed by atoms with Crippen molar-refractivity contribution in [3.05, 3.63) is 27.2 Å². The molecule has 0 aromatic carbocycles. The van der Waals surface area contributed by atoms with Gasteiger partial charge in [-0.2, -0.15) is 0 Å². The maximum absolute atomic E-state index is 12.9. The van der Waals surface area contributed by atoms with Gasteiger partial charge in [0.25, 0.3) is 5.56 Å². The molecule has 0 bridgehead atoms. The summed E-state index contributed by atoms with van der Waals surface area (Å²) in [5, 5.41) is 3.06. The summed E-state index contributed by atoms with van der Waals surface area (Å²) in [4.78, 5) is 58.8. The van der Waals surface area contributed by atoms with Gasteiger partial charge in [-0.25, -0.2) is 14.3 Å². The maximum Gasteiger partial charge on any atom is 0.332 e. The summed E-state index contributed by atoms with van der Waals surface area (Å²) in [6.45, 7) is 6.19. The van der Waals surface area contributed by atoms with Gasteiger partial charge >= 0.3 is 5.69 Å². The van der Waals surface area contributed by atoms with Crippen molar-refractivity contribution in [2.45, 2.75) is 33.2 Å². The van der Waals surface area contributed by atoms with Gasteiger partial charge in [0.15, 0.2) is 11.2 Å². The maximum atomic E-state index is 12.9. The highest BCUT2D eigenvalue weighted by molar-refractivity contribution is 5.80. The molecule has 1 N–H and O–H groups in total. The molecule has 11 nitrogen and oxygen atoms in total. The van der Waals surface area contributed by atoms with E-state index in [4.69, 9.17) is 0 Å². The van der Waals surface area contributed by atoms with Crippen molar-refractivity contribution in [3.8, 4) is 0 Å². The number of fused-ring (bicyclic) bond motifs is 1. The number of aryl methyl sites for hydroxylation is 2. The number of aromatic nitrogens is 4. The van der Waals surface area contributed by atoms with Crippen molar-refractivity contribution in [1.29, 1.82) is 0 Å². The van der Waals surface area contributed by atoms with Gasteiger partial charge < -0.3 is 19.7 Å². The van der Waals surface area contributed by atoms with E-state index >= 15 is 0 Å². The molecule has 0 aliphatic carbocycles. The lowest BCUT2D eigenvalue weighted by Gasteiger charge is -2.33. The molecule has 3 rings (SSSR count). The van der Waals surface area contributed by atoms with E-state index in [9.17, 15) is 19.2 Å². The lowest BCUT2D eigenvalue weighted by molar-refractivity contribution is -0.136. The summed E-state index contributed by atoms with van der Waals surface area (Å²) in [5.74, 6) is -0.437. The van der Waals surface area contributed by atoms with Crippen LogP contribution in [0.4, 0.5) is 0 Å². The van der Waals surface area contributed by atoms with Crippen LogP contribution in [0.25, 0.3) is 11.2 Å². The molecule has 1 saturated heterocycles. The number of nitrogens with zero attached hydrogens (tertiary/aromatic N) is 6. The third-order valence-corrected chi connectivity index (χ3v) is 6.20. The summed E-state index contributed by atoms with van der Waals surface area (Å²) in [7, 11) is 7.22. The lowest BCUT2D eigenvalue weighted by atomic mass is 9.91. The number of amides is 2. The molecule has 1 aliphatic heterocycles. The normalized spacial score (nSPS) is 15.4. The molecule has 3 heterocycles. The average molecular weight is 462 g/mol. The van der Waals surface area contributed by atoms with E-state index in [2.05, 4.69) is 29.0 Å². The van der Waals surface area contributed by atoms with Crippen LogP contribution in [0.15, 0.2) is 15.9 Å². The van der Waals surface area contributed by atoms with Gasteiger partial charge in [-0.15, -0.1) is 0 Å². The van der Waals surface area contributed by atoms with Crippen LogP contribution < -0.4 is 16.6 Å². The molecule has 0 atom stereocenters. The largest absolute Gasteiger partial charge is 0.355 e. The van der Waals surface area contributed by atoms with Crippen LogP contribution in [0.3, 0.4) is 0 Å². The molecule has 2 amide bonds. The average Bonchev–Trinajstić information content (AvgIpc) is 3.14. The Hall–Kier alpha value is -2.95. The molecular weight excluding hydrogens is 426 g/mol. The topological polar surface area (TPSA) is 114 Å². The van der Waals surface area contributed by atoms with Crippen molar-refractivity contribution in [2.75, 3.05) is 40.3 Å². The highest BCUT2D eigenvalue weighted by Gasteiger charge is 2.29. The zero-order valence-electron chi connectivity index (χ0n) is 20.4. The van der Waals surface area contributed by atoms with Crippen LogP contribution in [0.1, 0.15) is 26.7 Å². The number of nitrogens with one attached hydrogen (secondary N) is 1. The van der Waals surface area contributed by atoms with Crippen LogP contribution in [0.2, 0.25) is 0 Å². The first-order chi connectivity index (χ1) is 15.4. The fourth-order valence-corrected chi connectivity index (χ4v) is 4.54. The fraction of sp³-hybridized carbons (Fsp3) is 0.682. The monoisotopic (exact) mass is 461 g/mol. The summed E-state index contributed by atoms with van der Waals surface area (Å²) in [5.41, 5.74) is -0.580. The van der Waals surface area contributed by atoms with Crippen molar-refractivity contribution in [1.82, 2.24) is 33.8 Å². The van der Waals surface area contributed by atoms with Crippen LogP contribution in [0.5, 0.6) is 0 Å². The lowest BCUT2D eigenvalue weighted by Crippen LogP contribution is -2.48. The predicted octanol–water partition coefficient (Wildman–Crippen LogP) is -0.624. The molecule has 2 aromatic rings. The molecular formula is C22H35N7O4. The number of hydrogen-bond acceptors (Lipinski definition) is 6. The summed E-state index contributed by atoms with van der Waals surface area (Å²) >= 11 is 0. The molecule has 2 aromatic heterocycles. The molecule has 33 heavy (non-hydrogen) atoms. The van der Waals surface area contributed by atoms with Crippen LogP contribution in [-0.2, 0) is 30.2 Å². The Balaban J connectivity index is 1.60. The minimum atomic E-state index is -0.575. The first-order valence-electron chi connectivity index (χ1n) is 11.2. The second-order valence-corrected chi connectivity index (χ2v) is 10.0. The quantitative estimate of drug-likeness (QED) is 0.588. The molecule has 182 valence electrons. The van der Waals surface area contributed by atoms with E-state index in [0.29, 0.717) is 32.5 Å². The second kappa shape index (κ2) is 9.50. The number of piperidine rings is 1. The van der Waals surface area contributed by atoms with E-state index in [-0.39, 0.29) is 40.9 Å². The van der Waals surface area contributed by atoms with E-state index in [0.717, 1.165) is 11.1 Å². The minimum Gasteiger partial charge on any atom is -0.355 e. The van der Waals surface area contributed by atoms with E-state index in [1.165, 1.54) is 17.9 Å². The third-order valence-electron chi connectivity index (χ3n) is 6.20. The first-order valence-corrected chi connectivity index (χ1v) is 11.2. The Kier molecular flexibility index (Phi) is 7.11. The Bertz CT molecular complexity index is 1150. The molecule has 11 heteroatoms. The van der Waals surface area contributed by atoms with E-state index in [1.807, 2.05) is 14.1 Å². The first kappa shape index (κ1) is 24.7. The Morgan fingerprint density at radius 1 is 1.18 bits per heavy atom. The zero-order chi connectivity index (χ0) is 24.5. The fourth-order valence-electron chi connectivity index (χ4n) is 4.54. The third kappa shape index (κ3) is 5.35. The Labute approximate surface area is 193 Å². The van der Waals surface area contributed by atoms with Gasteiger partial charge in [0.05, 0.1) is 6.33 Å². The number of rotatable bonds is 7. The van der Waals surface area contributed by atoms with Gasteiger partial charge in [-0.05, 0) is 32.4 Å². The SMILES string of the molecule is CN(C)CC(C)(C)CNC(=O)C1CCN(C(=O)Cn2c(=O)c3c(ncn3C)n(C)c2=O)CC1. The molecule has 0 saturated carbocycles. The van der Waals surface area contributed by atoms with Crippen LogP contribution in [0, 0.1) is 11.3 Å². The molecule has 0 unspecified atom stereocenters. The molecule has 0 spiro atoms. The minimum absolute atomic E-state index is 0.0145. The zero-order valence-corrected chi connectivity index (χ0v) is 20.4. The summed E-state index contributed by atoms with van der Waals surface area (Å²) in [6, 6.07) is 0. The van der Waals surface area contributed by atoms with Gasteiger partial charge in [0.1, 0.15) is 6.54 Å². The second-order valence-electron chi connectivity index (χ2n) is 10.0. The Morgan fingerprint density at radius 2 is 1.82 bits per heavy atom. The van der Waals surface area contributed by atoms with Gasteiger partial charge in [-0.3, -0.25) is 19.0 Å². The van der Waals surface area contributed by atoms with Crippen LogP contribution in [-0.4, -0.2) is 80.6 Å². The van der Waals surface area contributed by atoms with E-state index in [1.54, 1.807) is 16.5 Å². The molecule has 0 radical (unpaired) electrons. The van der Waals surface area contributed by atoms with Crippen molar-refractivity contribution in [3.63, 3.8) is 0 Å². The smallest absolute Gasteiger partial charge is 0.332 e. The molecule has 1 aliphatic rings. The van der Waals surface area contributed by atoms with Gasteiger partial charge in [0.2, 0.25) is 11.8 Å². The Morgan fingerprint density at radius 3 is 2.42 bits per heavy atom. The van der Waals surface area contributed by atoms with E-state index < -0.39 is 11.2 Å². The van der Waals surface area contributed by atoms with Crippen LogP contribution >= 0.6 is 0 Å². The summed E-state index contributed by atoms with van der Waals surface area (Å²) in [6.07, 6.45) is 2.58. The number of likely N-dealkylation sites (tertiary alicyclic amines) is 1. The predicted molar refractivity (Wildman–Crippen MR) is 125 cm³/mol. The standard InChI is InChI=1S/C22H35N7O4/c1-22(2,13-25(3)4)12-23-19(31)15-7-9-28(10-8-15)16(30)11-29-20(32)17-18(24-14-26(17)5)27(6)21(29)33/h14-15H,7-13H2,1-6H3,(H,23,31). The van der Waals surface area contributed by atoms with Crippen molar-refractivity contribution in [2.24, 2.45) is 25.4 Å². The highest BCUT2D eigenvalue weighted by Crippen LogP contribution is 2.19. The van der Waals surface area contributed by atoms with Crippen molar-refractivity contribution >= 4 is 23.0 Å².